The molecule has 2 aromatic rings. The molecule has 5 nitrogen and oxygen atoms in total. The van der Waals surface area contributed by atoms with Gasteiger partial charge in [0.1, 0.15) is 0 Å². The van der Waals surface area contributed by atoms with Crippen molar-refractivity contribution in [2.45, 2.75) is 6.61 Å². The summed E-state index contributed by atoms with van der Waals surface area (Å²) < 4.78 is 4.69. The van der Waals surface area contributed by atoms with Gasteiger partial charge in [0, 0.05) is 5.69 Å². The molecule has 24 heavy (non-hydrogen) atoms. The summed E-state index contributed by atoms with van der Waals surface area (Å²) in [5.41, 5.74) is 2.49. The molecule has 0 aliphatic rings. The second-order valence-corrected chi connectivity index (χ2v) is 4.68. The zero-order valence-corrected chi connectivity index (χ0v) is 18.0. The summed E-state index contributed by atoms with van der Waals surface area (Å²) in [6.45, 7) is -0.0326. The van der Waals surface area contributed by atoms with Crippen molar-refractivity contribution in [2.24, 2.45) is 0 Å². The standard InChI is InChI=1S/C17H16NO4.CH3.U/c1-18(13-8-6-12(10-19)7-9-13)16-5-3-4-14(15(16)11-20)17(21)22-2;;/h3-9,19H,10H2,1-2H3;1H3;/q2*-1;+2. The molecule has 1 N–H and O–H groups in total. The van der Waals surface area contributed by atoms with Gasteiger partial charge in [-0.3, -0.25) is 4.79 Å². The van der Waals surface area contributed by atoms with Crippen LogP contribution in [0.15, 0.2) is 42.5 Å². The Balaban J connectivity index is 0.00000264. The number of ether oxygens (including phenoxy) is 1. The molecule has 0 atom stereocenters. The first-order valence-electron chi connectivity index (χ1n) is 6.65. The predicted molar refractivity (Wildman–Crippen MR) is 89.4 cm³/mol. The summed E-state index contributed by atoms with van der Waals surface area (Å²) in [5, 5.41) is 9.07. The number of aliphatic hydroxyl groups excluding tert-OH is 1. The second-order valence-electron chi connectivity index (χ2n) is 4.68. The molecular weight excluding hydrogens is 532 g/mol. The van der Waals surface area contributed by atoms with Gasteiger partial charge in [-0.05, 0) is 30.3 Å². The van der Waals surface area contributed by atoms with Crippen molar-refractivity contribution in [3.8, 4) is 0 Å². The third kappa shape index (κ3) is 4.70. The van der Waals surface area contributed by atoms with Crippen LogP contribution in [0, 0.1) is 38.5 Å². The maximum atomic E-state index is 11.7. The van der Waals surface area contributed by atoms with Crippen LogP contribution in [0.1, 0.15) is 21.5 Å². The minimum absolute atomic E-state index is 0. The van der Waals surface area contributed by atoms with Crippen molar-refractivity contribution in [3.05, 3.63) is 66.6 Å². The van der Waals surface area contributed by atoms with E-state index in [1.807, 2.05) is 18.4 Å². The van der Waals surface area contributed by atoms with E-state index in [9.17, 15) is 9.59 Å². The minimum atomic E-state index is -0.579. The Bertz CT molecular complexity index is 686. The normalized spacial score (nSPS) is 9.29. The van der Waals surface area contributed by atoms with Crippen molar-refractivity contribution < 1.29 is 50.5 Å². The first-order chi connectivity index (χ1) is 10.6. The number of methoxy groups -OCH3 is 1. The molecule has 0 aliphatic heterocycles. The quantitative estimate of drug-likeness (QED) is 0.458. The van der Waals surface area contributed by atoms with E-state index >= 15 is 0 Å². The SMILES string of the molecule is COC(=O)c1cccc(N(C)c2ccc(CO)cc2)c1[C-]=O.[CH3-].[U+2]. The summed E-state index contributed by atoms with van der Waals surface area (Å²) in [6.07, 6.45) is 1.82. The number of hydrogen-bond donors (Lipinski definition) is 1. The van der Waals surface area contributed by atoms with Crippen molar-refractivity contribution in [2.75, 3.05) is 19.1 Å². The van der Waals surface area contributed by atoms with E-state index in [-0.39, 0.29) is 56.3 Å². The zero-order chi connectivity index (χ0) is 16.1. The molecule has 0 amide bonds. The molecule has 0 heterocycles. The molecule has 0 unspecified atom stereocenters. The smallest absolute Gasteiger partial charge is 0.475 e. The average molecular weight is 551 g/mol. The number of anilines is 2. The number of carbonyl (C=O) groups is 1. The molecule has 0 bridgehead atoms. The molecular formula is C18H19NO4U. The fourth-order valence-corrected chi connectivity index (χ4v) is 2.17. The van der Waals surface area contributed by atoms with E-state index in [1.54, 1.807) is 36.2 Å². The van der Waals surface area contributed by atoms with Gasteiger partial charge in [-0.25, -0.2) is 0 Å². The van der Waals surface area contributed by atoms with Gasteiger partial charge in [0.25, 0.3) is 5.97 Å². The van der Waals surface area contributed by atoms with E-state index in [0.29, 0.717) is 5.69 Å². The Morgan fingerprint density at radius 1 is 1.21 bits per heavy atom. The topological polar surface area (TPSA) is 66.8 Å². The van der Waals surface area contributed by atoms with Gasteiger partial charge in [-0.2, -0.15) is 0 Å². The van der Waals surface area contributed by atoms with Crippen LogP contribution in [-0.4, -0.2) is 31.5 Å². The van der Waals surface area contributed by atoms with Gasteiger partial charge in [0.15, 0.2) is 0 Å². The number of benzene rings is 2. The summed E-state index contributed by atoms with van der Waals surface area (Å²) in [4.78, 5) is 24.8. The second kappa shape index (κ2) is 10.3. The molecule has 2 aromatic carbocycles. The van der Waals surface area contributed by atoms with Crippen LogP contribution in [0.25, 0.3) is 0 Å². The van der Waals surface area contributed by atoms with Crippen LogP contribution in [-0.2, 0) is 16.1 Å². The number of carbonyl (C=O) groups excluding carboxylic acids is 2. The molecule has 0 saturated carbocycles. The Kier molecular flexibility index (Phi) is 9.61. The van der Waals surface area contributed by atoms with E-state index in [4.69, 9.17) is 5.11 Å². The fourth-order valence-electron chi connectivity index (χ4n) is 2.17. The summed E-state index contributed by atoms with van der Waals surface area (Å²) in [7, 11) is 3.05. The Labute approximate surface area is 166 Å². The molecule has 0 aromatic heterocycles. The van der Waals surface area contributed by atoms with Crippen LogP contribution in [0.4, 0.5) is 11.4 Å². The Morgan fingerprint density at radius 2 is 1.83 bits per heavy atom. The van der Waals surface area contributed by atoms with Gasteiger partial charge >= 0.3 is 31.1 Å². The molecule has 124 valence electrons. The minimum Gasteiger partial charge on any atom is -0.475 e. The van der Waals surface area contributed by atoms with E-state index < -0.39 is 5.97 Å². The Hall–Kier alpha value is -1.61. The molecule has 0 radical (unpaired) electrons. The zero-order valence-electron chi connectivity index (χ0n) is 13.9. The van der Waals surface area contributed by atoms with E-state index in [2.05, 4.69) is 4.74 Å². The summed E-state index contributed by atoms with van der Waals surface area (Å²) in [5.74, 6) is -0.579. The number of hydrogen-bond acceptors (Lipinski definition) is 5. The summed E-state index contributed by atoms with van der Waals surface area (Å²) >= 11 is 0. The molecule has 0 saturated heterocycles. The molecule has 2 rings (SSSR count). The van der Waals surface area contributed by atoms with Gasteiger partial charge < -0.3 is 27.0 Å². The summed E-state index contributed by atoms with van der Waals surface area (Å²) in [6, 6.07) is 12.2. The van der Waals surface area contributed by atoms with Crippen molar-refractivity contribution in [3.63, 3.8) is 0 Å². The number of aliphatic hydroxyl groups is 1. The van der Waals surface area contributed by atoms with E-state index in [0.717, 1.165) is 11.3 Å². The van der Waals surface area contributed by atoms with Crippen molar-refractivity contribution in [1.82, 2.24) is 0 Å². The maximum absolute atomic E-state index is 11.7. The first-order valence-corrected chi connectivity index (χ1v) is 6.65. The third-order valence-corrected chi connectivity index (χ3v) is 3.42. The number of rotatable bonds is 5. The largest absolute Gasteiger partial charge is 2.00 e. The van der Waals surface area contributed by atoms with Crippen molar-refractivity contribution >= 4 is 23.6 Å². The molecule has 6 heteroatoms. The molecule has 0 fully saturated rings. The van der Waals surface area contributed by atoms with E-state index in [1.165, 1.54) is 13.2 Å². The van der Waals surface area contributed by atoms with Crippen LogP contribution in [0.2, 0.25) is 0 Å². The van der Waals surface area contributed by atoms with Crippen LogP contribution >= 0.6 is 0 Å². The molecule has 0 spiro atoms. The van der Waals surface area contributed by atoms with Crippen LogP contribution in [0.5, 0.6) is 0 Å². The van der Waals surface area contributed by atoms with Crippen LogP contribution < -0.4 is 4.90 Å². The van der Waals surface area contributed by atoms with Crippen LogP contribution in [0.3, 0.4) is 0 Å². The van der Waals surface area contributed by atoms with Gasteiger partial charge in [-0.15, -0.1) is 11.6 Å². The third-order valence-electron chi connectivity index (χ3n) is 3.42. The Morgan fingerprint density at radius 3 is 2.33 bits per heavy atom. The number of esters is 1. The maximum Gasteiger partial charge on any atom is 2.00 e. The fraction of sp³-hybridized carbons (Fsp3) is 0.167. The number of nitrogens with zero attached hydrogens (tertiary/aromatic N) is 1. The first kappa shape index (κ1) is 22.4. The van der Waals surface area contributed by atoms with Gasteiger partial charge in [0.05, 0.1) is 20.0 Å². The van der Waals surface area contributed by atoms with Gasteiger partial charge in [-0.1, -0.05) is 30.0 Å². The van der Waals surface area contributed by atoms with Crippen molar-refractivity contribution in [1.29, 1.82) is 0 Å². The predicted octanol–water partition coefficient (Wildman–Crippen LogP) is 2.64. The van der Waals surface area contributed by atoms with Gasteiger partial charge in [0.2, 0.25) is 0 Å². The average Bonchev–Trinajstić information content (AvgIpc) is 2.59. The monoisotopic (exact) mass is 551 g/mol. The molecule has 0 aliphatic carbocycles.